The largest absolute Gasteiger partial charge is 0.341 e. The van der Waals surface area contributed by atoms with Gasteiger partial charge < -0.3 is 10.2 Å². The van der Waals surface area contributed by atoms with Gasteiger partial charge in [-0.15, -0.1) is 0 Å². The molecule has 1 aliphatic carbocycles. The van der Waals surface area contributed by atoms with E-state index in [9.17, 15) is 0 Å². The zero-order chi connectivity index (χ0) is 14.2. The first-order valence-electron chi connectivity index (χ1n) is 7.87. The zero-order valence-electron chi connectivity index (χ0n) is 12.9. The Morgan fingerprint density at radius 2 is 2.00 bits per heavy atom. The van der Waals surface area contributed by atoms with Gasteiger partial charge in [0.15, 0.2) is 0 Å². The molecule has 1 atom stereocenters. The van der Waals surface area contributed by atoms with E-state index in [2.05, 4.69) is 35.2 Å². The number of rotatable bonds is 2. The molecule has 0 aromatic carbocycles. The number of aromatic nitrogens is 2. The van der Waals surface area contributed by atoms with Crippen molar-refractivity contribution in [3.63, 3.8) is 0 Å². The van der Waals surface area contributed by atoms with Crippen molar-refractivity contribution >= 4 is 5.95 Å². The van der Waals surface area contributed by atoms with Crippen molar-refractivity contribution in [1.29, 1.82) is 0 Å². The highest BCUT2D eigenvalue weighted by atomic mass is 15.3. The van der Waals surface area contributed by atoms with Gasteiger partial charge in [-0.3, -0.25) is 0 Å². The smallest absolute Gasteiger partial charge is 0.225 e. The van der Waals surface area contributed by atoms with Crippen LogP contribution in [0, 0.1) is 5.41 Å². The monoisotopic (exact) mass is 274 g/mol. The van der Waals surface area contributed by atoms with E-state index in [0.29, 0.717) is 11.5 Å². The Labute approximate surface area is 122 Å². The molecule has 1 aliphatic heterocycles. The summed E-state index contributed by atoms with van der Waals surface area (Å²) >= 11 is 0. The van der Waals surface area contributed by atoms with Gasteiger partial charge in [0.1, 0.15) is 0 Å². The molecule has 1 saturated heterocycles. The van der Waals surface area contributed by atoms with Crippen molar-refractivity contribution in [2.24, 2.45) is 5.41 Å². The molecular weight excluding hydrogens is 248 g/mol. The fourth-order valence-electron chi connectivity index (χ4n) is 3.54. The number of nitrogens with one attached hydrogen (secondary N) is 1. The molecule has 1 fully saturated rings. The maximum atomic E-state index is 4.91. The molecule has 1 aromatic rings. The Morgan fingerprint density at radius 1 is 1.25 bits per heavy atom. The molecule has 0 amide bonds. The van der Waals surface area contributed by atoms with Gasteiger partial charge in [-0.05, 0) is 44.6 Å². The predicted octanol–water partition coefficient (Wildman–Crippen LogP) is 2.70. The molecule has 0 spiro atoms. The minimum absolute atomic E-state index is 0.314. The van der Waals surface area contributed by atoms with Crippen LogP contribution in [0.4, 0.5) is 5.95 Å². The number of anilines is 1. The molecule has 4 nitrogen and oxygen atoms in total. The highest BCUT2D eigenvalue weighted by Gasteiger charge is 2.33. The van der Waals surface area contributed by atoms with Gasteiger partial charge in [0.2, 0.25) is 5.95 Å². The highest BCUT2D eigenvalue weighted by molar-refractivity contribution is 5.36. The Balaban J connectivity index is 1.91. The van der Waals surface area contributed by atoms with Crippen LogP contribution < -0.4 is 10.2 Å². The van der Waals surface area contributed by atoms with Gasteiger partial charge in [-0.25, -0.2) is 9.97 Å². The molecule has 1 N–H and O–H groups in total. The second kappa shape index (κ2) is 5.32. The van der Waals surface area contributed by atoms with Crippen LogP contribution in [0.3, 0.4) is 0 Å². The summed E-state index contributed by atoms with van der Waals surface area (Å²) in [5.74, 6) is 0.941. The Bertz CT molecular complexity index is 477. The molecule has 3 rings (SSSR count). The zero-order valence-corrected chi connectivity index (χ0v) is 12.9. The number of hydrogen-bond donors (Lipinski definition) is 1. The van der Waals surface area contributed by atoms with E-state index in [0.717, 1.165) is 31.9 Å². The van der Waals surface area contributed by atoms with E-state index < -0.39 is 0 Å². The van der Waals surface area contributed by atoms with Gasteiger partial charge >= 0.3 is 0 Å². The van der Waals surface area contributed by atoms with E-state index in [1.807, 2.05) is 7.05 Å². The first-order valence-corrected chi connectivity index (χ1v) is 7.87. The SMILES string of the molecule is CNC1CC(C)(C)Cc2nc(N3CCCCC3)ncc21. The lowest BCUT2D eigenvalue weighted by molar-refractivity contribution is 0.260. The fraction of sp³-hybridized carbons (Fsp3) is 0.750. The summed E-state index contributed by atoms with van der Waals surface area (Å²) in [6.07, 6.45) is 8.15. The number of piperidine rings is 1. The lowest BCUT2D eigenvalue weighted by Gasteiger charge is -2.36. The first-order chi connectivity index (χ1) is 9.59. The molecule has 2 heterocycles. The highest BCUT2D eigenvalue weighted by Crippen LogP contribution is 2.39. The third-order valence-corrected chi connectivity index (χ3v) is 4.65. The molecule has 1 aromatic heterocycles. The van der Waals surface area contributed by atoms with Crippen molar-refractivity contribution in [3.8, 4) is 0 Å². The summed E-state index contributed by atoms with van der Waals surface area (Å²) in [5, 5.41) is 3.42. The molecular formula is C16H26N4. The number of fused-ring (bicyclic) bond motifs is 1. The molecule has 2 aliphatic rings. The quantitative estimate of drug-likeness (QED) is 0.900. The van der Waals surface area contributed by atoms with E-state index >= 15 is 0 Å². The van der Waals surface area contributed by atoms with Crippen LogP contribution in [-0.2, 0) is 6.42 Å². The van der Waals surface area contributed by atoms with Crippen LogP contribution in [-0.4, -0.2) is 30.1 Å². The third-order valence-electron chi connectivity index (χ3n) is 4.65. The average molecular weight is 274 g/mol. The summed E-state index contributed by atoms with van der Waals surface area (Å²) in [4.78, 5) is 11.9. The maximum absolute atomic E-state index is 4.91. The van der Waals surface area contributed by atoms with Gasteiger partial charge in [-0.1, -0.05) is 13.8 Å². The lowest BCUT2D eigenvalue weighted by Crippen LogP contribution is -2.35. The van der Waals surface area contributed by atoms with Crippen molar-refractivity contribution in [1.82, 2.24) is 15.3 Å². The fourth-order valence-corrected chi connectivity index (χ4v) is 3.54. The number of hydrogen-bond acceptors (Lipinski definition) is 4. The van der Waals surface area contributed by atoms with Crippen molar-refractivity contribution in [2.45, 2.75) is 52.0 Å². The Kier molecular flexibility index (Phi) is 3.67. The van der Waals surface area contributed by atoms with Gasteiger partial charge in [0.05, 0.1) is 5.69 Å². The molecule has 0 radical (unpaired) electrons. The molecule has 0 saturated carbocycles. The third kappa shape index (κ3) is 2.66. The van der Waals surface area contributed by atoms with Gasteiger partial charge in [-0.2, -0.15) is 0 Å². The van der Waals surface area contributed by atoms with Crippen molar-refractivity contribution < 1.29 is 0 Å². The van der Waals surface area contributed by atoms with E-state index in [-0.39, 0.29) is 0 Å². The first kappa shape index (κ1) is 13.8. The maximum Gasteiger partial charge on any atom is 0.225 e. The average Bonchev–Trinajstić information content (AvgIpc) is 2.45. The summed E-state index contributed by atoms with van der Waals surface area (Å²) in [6, 6.07) is 0.393. The molecule has 1 unspecified atom stereocenters. The van der Waals surface area contributed by atoms with Crippen LogP contribution in [0.5, 0.6) is 0 Å². The lowest BCUT2D eigenvalue weighted by atomic mass is 9.74. The molecule has 20 heavy (non-hydrogen) atoms. The van der Waals surface area contributed by atoms with Crippen LogP contribution in [0.15, 0.2) is 6.20 Å². The topological polar surface area (TPSA) is 41.1 Å². The van der Waals surface area contributed by atoms with Crippen molar-refractivity contribution in [2.75, 3.05) is 25.0 Å². The Morgan fingerprint density at radius 3 is 2.70 bits per heavy atom. The molecule has 110 valence electrons. The Hall–Kier alpha value is -1.16. The van der Waals surface area contributed by atoms with Crippen LogP contribution in [0.2, 0.25) is 0 Å². The summed E-state index contributed by atoms with van der Waals surface area (Å²) in [6.45, 7) is 6.89. The summed E-state index contributed by atoms with van der Waals surface area (Å²) in [7, 11) is 2.04. The summed E-state index contributed by atoms with van der Waals surface area (Å²) < 4.78 is 0. The summed E-state index contributed by atoms with van der Waals surface area (Å²) in [5.41, 5.74) is 2.86. The minimum Gasteiger partial charge on any atom is -0.341 e. The second-order valence-corrected chi connectivity index (χ2v) is 7.01. The van der Waals surface area contributed by atoms with Crippen LogP contribution in [0.25, 0.3) is 0 Å². The van der Waals surface area contributed by atoms with E-state index in [1.165, 1.54) is 30.5 Å². The predicted molar refractivity (Wildman–Crippen MR) is 82.0 cm³/mol. The van der Waals surface area contributed by atoms with Gasteiger partial charge in [0.25, 0.3) is 0 Å². The van der Waals surface area contributed by atoms with Crippen molar-refractivity contribution in [3.05, 3.63) is 17.5 Å². The van der Waals surface area contributed by atoms with Crippen LogP contribution in [0.1, 0.15) is 56.8 Å². The van der Waals surface area contributed by atoms with E-state index in [4.69, 9.17) is 4.98 Å². The molecule has 4 heteroatoms. The second-order valence-electron chi connectivity index (χ2n) is 7.01. The van der Waals surface area contributed by atoms with Gasteiger partial charge in [0, 0.05) is 30.9 Å². The minimum atomic E-state index is 0.314. The number of nitrogens with zero attached hydrogens (tertiary/aromatic N) is 3. The van der Waals surface area contributed by atoms with Crippen LogP contribution >= 0.6 is 0 Å². The standard InChI is InChI=1S/C16H26N4/c1-16(2)9-13(17-3)12-11-18-15(19-14(12)10-16)20-7-5-4-6-8-20/h11,13,17H,4-10H2,1-3H3. The van der Waals surface area contributed by atoms with E-state index in [1.54, 1.807) is 0 Å². The normalized spacial score (nSPS) is 25.4. The molecule has 0 bridgehead atoms.